The number of carbonyl (C=O) groups excluding carboxylic acids is 1. The molecule has 8 nitrogen and oxygen atoms in total. The standard InChI is InChI=1S/C23H26N2O6S2/c1-5-30-20-11-8-17(12-21(20)29-4)23-24-18(15-32-23)14-31-22(26)13-25(3)33(27,28)19-9-6-16(2)7-10-19/h6-12,15H,5,13-14H2,1-4H3. The molecular formula is C23H26N2O6S2. The Kier molecular flexibility index (Phi) is 8.06. The molecule has 0 aliphatic rings. The summed E-state index contributed by atoms with van der Waals surface area (Å²) in [6, 6.07) is 12.0. The van der Waals surface area contributed by atoms with Gasteiger partial charge >= 0.3 is 5.97 Å². The second kappa shape index (κ2) is 10.8. The van der Waals surface area contributed by atoms with Crippen LogP contribution in [0.5, 0.6) is 11.5 Å². The minimum atomic E-state index is -3.78. The van der Waals surface area contributed by atoms with Crippen LogP contribution in [0.15, 0.2) is 52.7 Å². The summed E-state index contributed by atoms with van der Waals surface area (Å²) >= 11 is 1.40. The zero-order chi connectivity index (χ0) is 24.0. The molecule has 0 saturated heterocycles. The van der Waals surface area contributed by atoms with Gasteiger partial charge in [-0.25, -0.2) is 13.4 Å². The van der Waals surface area contributed by atoms with Gasteiger partial charge in [0, 0.05) is 18.0 Å². The molecule has 0 fully saturated rings. The molecule has 0 amide bonds. The number of ether oxygens (including phenoxy) is 3. The number of thiazole rings is 1. The molecule has 3 rings (SSSR count). The summed E-state index contributed by atoms with van der Waals surface area (Å²) in [5, 5.41) is 2.53. The molecule has 0 saturated carbocycles. The van der Waals surface area contributed by atoms with E-state index in [9.17, 15) is 13.2 Å². The number of aryl methyl sites for hydroxylation is 1. The van der Waals surface area contributed by atoms with Crippen LogP contribution in [0.2, 0.25) is 0 Å². The summed E-state index contributed by atoms with van der Waals surface area (Å²) in [5.41, 5.74) is 2.37. The second-order valence-electron chi connectivity index (χ2n) is 7.18. The van der Waals surface area contributed by atoms with Gasteiger partial charge in [-0.3, -0.25) is 4.79 Å². The van der Waals surface area contributed by atoms with Crippen molar-refractivity contribution in [3.8, 4) is 22.1 Å². The summed E-state index contributed by atoms with van der Waals surface area (Å²) in [6.07, 6.45) is 0. The molecule has 33 heavy (non-hydrogen) atoms. The summed E-state index contributed by atoms with van der Waals surface area (Å²) in [5.74, 6) is 0.597. The highest BCUT2D eigenvalue weighted by atomic mass is 32.2. The number of hydrogen-bond acceptors (Lipinski definition) is 8. The van der Waals surface area contributed by atoms with Crippen LogP contribution in [0, 0.1) is 6.92 Å². The second-order valence-corrected chi connectivity index (χ2v) is 10.1. The van der Waals surface area contributed by atoms with Crippen LogP contribution >= 0.6 is 11.3 Å². The van der Waals surface area contributed by atoms with E-state index in [-0.39, 0.29) is 11.5 Å². The highest BCUT2D eigenvalue weighted by Gasteiger charge is 2.23. The molecule has 0 radical (unpaired) electrons. The maximum atomic E-state index is 12.6. The molecule has 2 aromatic carbocycles. The van der Waals surface area contributed by atoms with Crippen molar-refractivity contribution in [1.82, 2.24) is 9.29 Å². The van der Waals surface area contributed by atoms with Gasteiger partial charge in [0.05, 0.1) is 24.3 Å². The molecule has 0 atom stereocenters. The highest BCUT2D eigenvalue weighted by Crippen LogP contribution is 2.33. The molecule has 0 N–H and O–H groups in total. The van der Waals surface area contributed by atoms with E-state index in [1.807, 2.05) is 32.0 Å². The third-order valence-electron chi connectivity index (χ3n) is 4.72. The largest absolute Gasteiger partial charge is 0.493 e. The van der Waals surface area contributed by atoms with Crippen molar-refractivity contribution < 1.29 is 27.4 Å². The summed E-state index contributed by atoms with van der Waals surface area (Å²) in [4.78, 5) is 16.9. The van der Waals surface area contributed by atoms with Gasteiger partial charge in [-0.2, -0.15) is 4.31 Å². The maximum Gasteiger partial charge on any atom is 0.321 e. The van der Waals surface area contributed by atoms with Crippen LogP contribution in [-0.2, 0) is 26.2 Å². The minimum absolute atomic E-state index is 0.0537. The van der Waals surface area contributed by atoms with E-state index in [4.69, 9.17) is 14.2 Å². The normalized spacial score (nSPS) is 11.4. The lowest BCUT2D eigenvalue weighted by Crippen LogP contribution is -2.33. The van der Waals surface area contributed by atoms with E-state index in [2.05, 4.69) is 4.98 Å². The number of hydrogen-bond donors (Lipinski definition) is 0. The smallest absolute Gasteiger partial charge is 0.321 e. The van der Waals surface area contributed by atoms with Gasteiger partial charge in [-0.1, -0.05) is 17.7 Å². The molecule has 176 valence electrons. The minimum Gasteiger partial charge on any atom is -0.493 e. The van der Waals surface area contributed by atoms with Crippen molar-refractivity contribution in [3.63, 3.8) is 0 Å². The van der Waals surface area contributed by atoms with Crippen molar-refractivity contribution in [2.75, 3.05) is 27.3 Å². The van der Waals surface area contributed by atoms with Crippen molar-refractivity contribution in [1.29, 1.82) is 0 Å². The predicted octanol–water partition coefficient (Wildman–Crippen LogP) is 3.89. The molecule has 3 aromatic rings. The monoisotopic (exact) mass is 490 g/mol. The fourth-order valence-corrected chi connectivity index (χ4v) is 4.85. The van der Waals surface area contributed by atoms with E-state index in [1.165, 1.54) is 30.5 Å². The molecule has 1 aromatic heterocycles. The van der Waals surface area contributed by atoms with Crippen LogP contribution in [0.3, 0.4) is 0 Å². The Bertz CT molecular complexity index is 1210. The molecule has 0 unspecified atom stereocenters. The number of nitrogens with zero attached hydrogens (tertiary/aromatic N) is 2. The number of rotatable bonds is 10. The maximum absolute atomic E-state index is 12.6. The van der Waals surface area contributed by atoms with E-state index in [1.54, 1.807) is 24.6 Å². The molecule has 1 heterocycles. The van der Waals surface area contributed by atoms with E-state index in [0.717, 1.165) is 20.4 Å². The number of sulfonamides is 1. The Morgan fingerprint density at radius 3 is 2.52 bits per heavy atom. The van der Waals surface area contributed by atoms with Gasteiger partial charge in [0.25, 0.3) is 0 Å². The molecule has 0 bridgehead atoms. The number of methoxy groups -OCH3 is 1. The van der Waals surface area contributed by atoms with Gasteiger partial charge in [-0.05, 0) is 44.2 Å². The topological polar surface area (TPSA) is 95.0 Å². The Balaban J connectivity index is 1.60. The Labute approximate surface area is 197 Å². The van der Waals surface area contributed by atoms with E-state index < -0.39 is 22.5 Å². The lowest BCUT2D eigenvalue weighted by molar-refractivity contribution is -0.145. The molecule has 0 aliphatic carbocycles. The van der Waals surface area contributed by atoms with E-state index in [0.29, 0.717) is 23.8 Å². The third-order valence-corrected chi connectivity index (χ3v) is 7.48. The number of carbonyl (C=O) groups is 1. The lowest BCUT2D eigenvalue weighted by atomic mass is 10.2. The van der Waals surface area contributed by atoms with Gasteiger partial charge < -0.3 is 14.2 Å². The fraction of sp³-hybridized carbons (Fsp3) is 0.304. The van der Waals surface area contributed by atoms with Crippen LogP contribution in [-0.4, -0.2) is 51.0 Å². The zero-order valence-corrected chi connectivity index (χ0v) is 20.5. The van der Waals surface area contributed by atoms with Crippen LogP contribution in [0.1, 0.15) is 18.2 Å². The lowest BCUT2D eigenvalue weighted by Gasteiger charge is -2.16. The van der Waals surface area contributed by atoms with Gasteiger partial charge in [-0.15, -0.1) is 11.3 Å². The first-order chi connectivity index (χ1) is 15.7. The van der Waals surface area contributed by atoms with Crippen LogP contribution < -0.4 is 9.47 Å². The van der Waals surface area contributed by atoms with Gasteiger partial charge in [0.1, 0.15) is 18.2 Å². The SMILES string of the molecule is CCOc1ccc(-c2nc(COC(=O)CN(C)S(=O)(=O)c3ccc(C)cc3)cs2)cc1OC. The molecule has 0 spiro atoms. The molecular weight excluding hydrogens is 464 g/mol. The zero-order valence-electron chi connectivity index (χ0n) is 18.9. The molecule has 0 aliphatic heterocycles. The quantitative estimate of drug-likeness (QED) is 0.398. The Morgan fingerprint density at radius 1 is 1.12 bits per heavy atom. The number of benzene rings is 2. The number of likely N-dealkylation sites (N-methyl/N-ethyl adjacent to an activating group) is 1. The van der Waals surface area contributed by atoms with Crippen molar-refractivity contribution in [3.05, 3.63) is 59.1 Å². The van der Waals surface area contributed by atoms with Crippen molar-refractivity contribution in [2.45, 2.75) is 25.3 Å². The first-order valence-electron chi connectivity index (χ1n) is 10.2. The highest BCUT2D eigenvalue weighted by molar-refractivity contribution is 7.89. The molecule has 10 heteroatoms. The Morgan fingerprint density at radius 2 is 1.85 bits per heavy atom. The summed E-state index contributed by atoms with van der Waals surface area (Å²) in [6.45, 7) is 3.85. The first kappa shape index (κ1) is 24.7. The first-order valence-corrected chi connectivity index (χ1v) is 12.5. The number of esters is 1. The van der Waals surface area contributed by atoms with Gasteiger partial charge in [0.15, 0.2) is 11.5 Å². The van der Waals surface area contributed by atoms with E-state index >= 15 is 0 Å². The Hall–Kier alpha value is -2.95. The fourth-order valence-electron chi connectivity index (χ4n) is 2.94. The third kappa shape index (κ3) is 6.10. The van der Waals surface area contributed by atoms with Crippen molar-refractivity contribution >= 4 is 27.3 Å². The average molecular weight is 491 g/mol. The van der Waals surface area contributed by atoms with Gasteiger partial charge in [0.2, 0.25) is 10.0 Å². The van der Waals surface area contributed by atoms with Crippen molar-refractivity contribution in [2.24, 2.45) is 0 Å². The average Bonchev–Trinajstić information content (AvgIpc) is 3.27. The van der Waals surface area contributed by atoms with Crippen LogP contribution in [0.25, 0.3) is 10.6 Å². The predicted molar refractivity (Wildman–Crippen MR) is 126 cm³/mol. The summed E-state index contributed by atoms with van der Waals surface area (Å²) < 4.78 is 42.4. The van der Waals surface area contributed by atoms with Crippen LogP contribution in [0.4, 0.5) is 0 Å². The summed E-state index contributed by atoms with van der Waals surface area (Å²) in [7, 11) is -0.865. The number of aromatic nitrogens is 1.